The molecule has 0 aliphatic carbocycles. The summed E-state index contributed by atoms with van der Waals surface area (Å²) in [5, 5.41) is 0.511. The number of anilines is 1. The fraction of sp³-hybridized carbons (Fsp3) is 0.192. The van der Waals surface area contributed by atoms with Gasteiger partial charge in [0.05, 0.1) is 16.6 Å². The highest BCUT2D eigenvalue weighted by molar-refractivity contribution is 6.07. The SMILES string of the molecule is CN(c1ncnc2c(C(N)=O)cc(OCc3ccc(F)cc3)cc12)C(C)(CN)c1cccc(F)c1. The predicted octanol–water partition coefficient (Wildman–Crippen LogP) is 3.90. The summed E-state index contributed by atoms with van der Waals surface area (Å²) in [5.74, 6) is -0.583. The number of amides is 1. The highest BCUT2D eigenvalue weighted by Gasteiger charge is 2.33. The number of primary amides is 1. The van der Waals surface area contributed by atoms with E-state index in [0.717, 1.165) is 5.56 Å². The number of nitrogens with zero attached hydrogens (tertiary/aromatic N) is 3. The van der Waals surface area contributed by atoms with Crippen LogP contribution in [0.1, 0.15) is 28.4 Å². The third kappa shape index (κ3) is 4.76. The minimum atomic E-state index is -0.832. The number of fused-ring (bicyclic) bond motifs is 1. The van der Waals surface area contributed by atoms with E-state index < -0.39 is 11.4 Å². The summed E-state index contributed by atoms with van der Waals surface area (Å²) in [5.41, 5.74) is 12.9. The number of ether oxygens (including phenoxy) is 1. The summed E-state index contributed by atoms with van der Waals surface area (Å²) in [4.78, 5) is 22.8. The van der Waals surface area contributed by atoms with Crippen LogP contribution >= 0.6 is 0 Å². The fourth-order valence-electron chi connectivity index (χ4n) is 3.92. The molecule has 0 saturated heterocycles. The Hall–Kier alpha value is -4.11. The van der Waals surface area contributed by atoms with Crippen LogP contribution < -0.4 is 21.1 Å². The van der Waals surface area contributed by atoms with Gasteiger partial charge in [0.1, 0.15) is 36.1 Å². The molecule has 1 atom stereocenters. The third-order valence-corrected chi connectivity index (χ3v) is 6.18. The van der Waals surface area contributed by atoms with E-state index in [0.29, 0.717) is 28.0 Å². The minimum absolute atomic E-state index is 0.145. The van der Waals surface area contributed by atoms with Crippen LogP contribution in [-0.4, -0.2) is 29.5 Å². The van der Waals surface area contributed by atoms with E-state index in [2.05, 4.69) is 9.97 Å². The molecule has 1 amide bonds. The van der Waals surface area contributed by atoms with E-state index in [1.54, 1.807) is 37.4 Å². The zero-order valence-corrected chi connectivity index (χ0v) is 19.3. The van der Waals surface area contributed by atoms with Crippen molar-refractivity contribution >= 4 is 22.6 Å². The van der Waals surface area contributed by atoms with Crippen LogP contribution in [0.25, 0.3) is 10.9 Å². The van der Waals surface area contributed by atoms with Gasteiger partial charge in [-0.15, -0.1) is 0 Å². The lowest BCUT2D eigenvalue weighted by molar-refractivity contribution is 0.100. The molecule has 0 radical (unpaired) electrons. The Morgan fingerprint density at radius 1 is 1.06 bits per heavy atom. The number of halogens is 2. The van der Waals surface area contributed by atoms with Crippen molar-refractivity contribution in [3.63, 3.8) is 0 Å². The van der Waals surface area contributed by atoms with Gasteiger partial charge < -0.3 is 21.1 Å². The van der Waals surface area contributed by atoms with Crippen molar-refractivity contribution in [1.29, 1.82) is 0 Å². The molecule has 0 saturated carbocycles. The second kappa shape index (κ2) is 9.63. The molecule has 1 aromatic heterocycles. The molecule has 4 N–H and O–H groups in total. The van der Waals surface area contributed by atoms with Gasteiger partial charge in [0, 0.05) is 19.0 Å². The van der Waals surface area contributed by atoms with E-state index in [1.807, 2.05) is 11.8 Å². The van der Waals surface area contributed by atoms with Crippen LogP contribution in [-0.2, 0) is 12.1 Å². The molecular formula is C26H25F2N5O2. The number of nitrogens with two attached hydrogens (primary N) is 2. The molecule has 7 nitrogen and oxygen atoms in total. The van der Waals surface area contributed by atoms with Crippen LogP contribution in [0.5, 0.6) is 5.75 Å². The molecule has 35 heavy (non-hydrogen) atoms. The Morgan fingerprint density at radius 2 is 1.80 bits per heavy atom. The smallest absolute Gasteiger partial charge is 0.251 e. The molecule has 0 fully saturated rings. The first-order valence-corrected chi connectivity index (χ1v) is 10.9. The normalized spacial score (nSPS) is 12.8. The Balaban J connectivity index is 1.80. The first kappa shape index (κ1) is 24.0. The molecule has 0 aliphatic rings. The molecular weight excluding hydrogens is 452 g/mol. The number of hydrogen-bond acceptors (Lipinski definition) is 6. The summed E-state index contributed by atoms with van der Waals surface area (Å²) in [6, 6.07) is 15.3. The number of carbonyl (C=O) groups is 1. The van der Waals surface area contributed by atoms with E-state index in [1.165, 1.54) is 36.7 Å². The van der Waals surface area contributed by atoms with Gasteiger partial charge in [-0.25, -0.2) is 18.7 Å². The van der Waals surface area contributed by atoms with Crippen molar-refractivity contribution < 1.29 is 18.3 Å². The Morgan fingerprint density at radius 3 is 2.46 bits per heavy atom. The maximum absolute atomic E-state index is 14.0. The molecule has 0 spiro atoms. The number of benzene rings is 3. The molecule has 1 unspecified atom stereocenters. The van der Waals surface area contributed by atoms with E-state index in [4.69, 9.17) is 16.2 Å². The lowest BCUT2D eigenvalue weighted by atomic mass is 9.90. The predicted molar refractivity (Wildman–Crippen MR) is 130 cm³/mol. The Bertz CT molecular complexity index is 1380. The van der Waals surface area contributed by atoms with Crippen molar-refractivity contribution in [3.05, 3.63) is 95.3 Å². The summed E-state index contributed by atoms with van der Waals surface area (Å²) in [6.07, 6.45) is 1.34. The van der Waals surface area contributed by atoms with Crippen LogP contribution in [0.4, 0.5) is 14.6 Å². The van der Waals surface area contributed by atoms with Gasteiger partial charge in [0.15, 0.2) is 0 Å². The van der Waals surface area contributed by atoms with E-state index >= 15 is 0 Å². The molecule has 0 bridgehead atoms. The largest absolute Gasteiger partial charge is 0.489 e. The highest BCUT2D eigenvalue weighted by Crippen LogP contribution is 2.36. The van der Waals surface area contributed by atoms with Gasteiger partial charge in [0.25, 0.3) is 5.91 Å². The molecule has 4 rings (SSSR count). The molecule has 1 heterocycles. The van der Waals surface area contributed by atoms with Crippen LogP contribution in [0.2, 0.25) is 0 Å². The lowest BCUT2D eigenvalue weighted by Gasteiger charge is -2.39. The van der Waals surface area contributed by atoms with Gasteiger partial charge in [-0.3, -0.25) is 4.79 Å². The summed E-state index contributed by atoms with van der Waals surface area (Å²) < 4.78 is 33.1. The van der Waals surface area contributed by atoms with E-state index in [-0.39, 0.29) is 30.3 Å². The maximum Gasteiger partial charge on any atom is 0.251 e. The van der Waals surface area contributed by atoms with Crippen molar-refractivity contribution in [2.45, 2.75) is 19.1 Å². The maximum atomic E-state index is 14.0. The summed E-state index contributed by atoms with van der Waals surface area (Å²) >= 11 is 0. The Labute approximate surface area is 201 Å². The van der Waals surface area contributed by atoms with E-state index in [9.17, 15) is 13.6 Å². The number of carbonyl (C=O) groups excluding carboxylic acids is 1. The Kier molecular flexibility index (Phi) is 6.61. The molecule has 0 aliphatic heterocycles. The molecule has 180 valence electrons. The first-order valence-electron chi connectivity index (χ1n) is 10.9. The summed E-state index contributed by atoms with van der Waals surface area (Å²) in [6.45, 7) is 2.17. The van der Waals surface area contributed by atoms with Gasteiger partial charge in [-0.1, -0.05) is 24.3 Å². The topological polar surface area (TPSA) is 107 Å². The first-order chi connectivity index (χ1) is 16.7. The van der Waals surface area contributed by atoms with Crippen molar-refractivity contribution in [1.82, 2.24) is 9.97 Å². The zero-order valence-electron chi connectivity index (χ0n) is 19.3. The number of hydrogen-bond donors (Lipinski definition) is 2. The van der Waals surface area contributed by atoms with Gasteiger partial charge in [-0.05, 0) is 54.4 Å². The van der Waals surface area contributed by atoms with Gasteiger partial charge >= 0.3 is 0 Å². The van der Waals surface area contributed by atoms with Crippen molar-refractivity contribution in [3.8, 4) is 5.75 Å². The average molecular weight is 478 g/mol. The number of aromatic nitrogens is 2. The van der Waals surface area contributed by atoms with Gasteiger partial charge in [-0.2, -0.15) is 0 Å². The fourth-order valence-corrected chi connectivity index (χ4v) is 3.92. The van der Waals surface area contributed by atoms with Crippen LogP contribution in [0, 0.1) is 11.6 Å². The quantitative estimate of drug-likeness (QED) is 0.399. The molecule has 9 heteroatoms. The minimum Gasteiger partial charge on any atom is -0.489 e. The van der Waals surface area contributed by atoms with Gasteiger partial charge in [0.2, 0.25) is 0 Å². The monoisotopic (exact) mass is 477 g/mol. The second-order valence-corrected chi connectivity index (χ2v) is 8.39. The number of likely N-dealkylation sites (N-methyl/N-ethyl adjacent to an activating group) is 1. The number of rotatable bonds is 8. The third-order valence-electron chi connectivity index (χ3n) is 6.18. The summed E-state index contributed by atoms with van der Waals surface area (Å²) in [7, 11) is 1.79. The standard InChI is InChI=1S/C26H25F2N5O2/c1-26(14-29,17-4-3-5-19(28)10-17)33(2)25-22-12-20(35-13-16-6-8-18(27)9-7-16)11-21(24(30)34)23(22)31-15-32-25/h3-12,15H,13-14,29H2,1-2H3,(H2,30,34). The molecule has 3 aromatic carbocycles. The van der Waals surface area contributed by atoms with Crippen LogP contribution in [0.3, 0.4) is 0 Å². The molecule has 4 aromatic rings. The van der Waals surface area contributed by atoms with Crippen molar-refractivity contribution in [2.75, 3.05) is 18.5 Å². The average Bonchev–Trinajstić information content (AvgIpc) is 2.86. The lowest BCUT2D eigenvalue weighted by Crippen LogP contribution is -2.47. The van der Waals surface area contributed by atoms with Crippen molar-refractivity contribution in [2.24, 2.45) is 11.5 Å². The second-order valence-electron chi connectivity index (χ2n) is 8.39. The zero-order chi connectivity index (χ0) is 25.2. The highest BCUT2D eigenvalue weighted by atomic mass is 19.1. The van der Waals surface area contributed by atoms with Crippen LogP contribution in [0.15, 0.2) is 67.0 Å².